The van der Waals surface area contributed by atoms with Gasteiger partial charge in [-0.3, -0.25) is 0 Å². The van der Waals surface area contributed by atoms with Gasteiger partial charge >= 0.3 is 0 Å². The Balaban J connectivity index is 1.52. The summed E-state index contributed by atoms with van der Waals surface area (Å²) in [5, 5.41) is 3.68. The van der Waals surface area contributed by atoms with Crippen LogP contribution in [0.5, 0.6) is 0 Å². The third-order valence-corrected chi connectivity index (χ3v) is 5.47. The molecule has 0 spiro atoms. The molecule has 0 aliphatic heterocycles. The average Bonchev–Trinajstić information content (AvgIpc) is 3.23. The summed E-state index contributed by atoms with van der Waals surface area (Å²) in [7, 11) is 0. The van der Waals surface area contributed by atoms with Crippen molar-refractivity contribution in [2.45, 2.75) is 71.8 Å². The summed E-state index contributed by atoms with van der Waals surface area (Å²) in [6, 6.07) is 0.744. The molecule has 0 atom stereocenters. The first-order chi connectivity index (χ1) is 9.12. The van der Waals surface area contributed by atoms with Gasteiger partial charge in [0.2, 0.25) is 0 Å². The number of hydrogen-bond donors (Lipinski definition) is 1. The van der Waals surface area contributed by atoms with Gasteiger partial charge in [0.05, 0.1) is 6.61 Å². The summed E-state index contributed by atoms with van der Waals surface area (Å²) >= 11 is 0. The number of ether oxygens (including phenoxy) is 1. The Hall–Kier alpha value is -0.0800. The van der Waals surface area contributed by atoms with Crippen molar-refractivity contribution in [3.63, 3.8) is 0 Å². The molecule has 0 radical (unpaired) electrons. The van der Waals surface area contributed by atoms with Crippen LogP contribution in [0.4, 0.5) is 0 Å². The lowest BCUT2D eigenvalue weighted by Crippen LogP contribution is -2.38. The van der Waals surface area contributed by atoms with Crippen molar-refractivity contribution < 1.29 is 4.74 Å². The summed E-state index contributed by atoms with van der Waals surface area (Å²) in [5.41, 5.74) is 0.540. The van der Waals surface area contributed by atoms with Crippen molar-refractivity contribution in [2.75, 3.05) is 19.8 Å². The van der Waals surface area contributed by atoms with Crippen molar-refractivity contribution >= 4 is 0 Å². The highest BCUT2D eigenvalue weighted by atomic mass is 16.5. The van der Waals surface area contributed by atoms with E-state index in [1.807, 2.05) is 0 Å². The van der Waals surface area contributed by atoms with E-state index in [9.17, 15) is 0 Å². The van der Waals surface area contributed by atoms with Crippen molar-refractivity contribution in [3.8, 4) is 0 Å². The molecule has 2 aliphatic rings. The zero-order valence-corrected chi connectivity index (χ0v) is 13.2. The molecular formula is C17H33NO. The van der Waals surface area contributed by atoms with E-state index in [2.05, 4.69) is 26.1 Å². The van der Waals surface area contributed by atoms with Crippen LogP contribution in [0.1, 0.15) is 65.7 Å². The fourth-order valence-corrected chi connectivity index (χ4v) is 3.24. The number of rotatable bonds is 8. The molecule has 112 valence electrons. The van der Waals surface area contributed by atoms with Gasteiger partial charge in [0.25, 0.3) is 0 Å². The molecule has 0 amide bonds. The van der Waals surface area contributed by atoms with Crippen molar-refractivity contribution in [1.29, 1.82) is 0 Å². The molecule has 0 bridgehead atoms. The molecule has 0 unspecified atom stereocenters. The first-order valence-corrected chi connectivity index (χ1v) is 8.43. The van der Waals surface area contributed by atoms with E-state index in [-0.39, 0.29) is 0 Å². The minimum Gasteiger partial charge on any atom is -0.380 e. The number of nitrogens with one attached hydrogen (secondary N) is 1. The van der Waals surface area contributed by atoms with Crippen LogP contribution in [0.3, 0.4) is 0 Å². The molecule has 0 aromatic heterocycles. The summed E-state index contributed by atoms with van der Waals surface area (Å²) in [6.45, 7) is 10.2. The van der Waals surface area contributed by atoms with Crippen LogP contribution in [0.15, 0.2) is 0 Å². The summed E-state index contributed by atoms with van der Waals surface area (Å²) < 4.78 is 5.68. The van der Waals surface area contributed by atoms with Crippen molar-refractivity contribution in [2.24, 2.45) is 17.3 Å². The van der Waals surface area contributed by atoms with E-state index in [4.69, 9.17) is 4.74 Å². The standard InChI is InChI=1S/C17H33NO/c1-4-17(2,3)15-7-9-16(10-8-15)18-11-12-19-13-14-5-6-14/h14-16,18H,4-13H2,1-3H3. The van der Waals surface area contributed by atoms with Crippen LogP contribution in [-0.4, -0.2) is 25.8 Å². The Morgan fingerprint density at radius 1 is 1.05 bits per heavy atom. The van der Waals surface area contributed by atoms with Gasteiger partial charge in [-0.1, -0.05) is 27.2 Å². The maximum Gasteiger partial charge on any atom is 0.0591 e. The van der Waals surface area contributed by atoms with Crippen LogP contribution in [0, 0.1) is 17.3 Å². The average molecular weight is 267 g/mol. The van der Waals surface area contributed by atoms with E-state index in [0.717, 1.165) is 37.6 Å². The minimum atomic E-state index is 0.540. The summed E-state index contributed by atoms with van der Waals surface area (Å²) in [6.07, 6.45) is 9.62. The molecule has 2 aliphatic carbocycles. The van der Waals surface area contributed by atoms with Crippen molar-refractivity contribution in [3.05, 3.63) is 0 Å². The Morgan fingerprint density at radius 2 is 1.74 bits per heavy atom. The van der Waals surface area contributed by atoms with E-state index in [0.29, 0.717) is 5.41 Å². The van der Waals surface area contributed by atoms with Gasteiger partial charge in [0, 0.05) is 19.2 Å². The quantitative estimate of drug-likeness (QED) is 0.671. The fourth-order valence-electron chi connectivity index (χ4n) is 3.24. The topological polar surface area (TPSA) is 21.3 Å². The molecule has 1 N–H and O–H groups in total. The zero-order valence-electron chi connectivity index (χ0n) is 13.2. The molecule has 2 heteroatoms. The second kappa shape index (κ2) is 7.08. The minimum absolute atomic E-state index is 0.540. The highest BCUT2D eigenvalue weighted by molar-refractivity contribution is 4.84. The fraction of sp³-hybridized carbons (Fsp3) is 1.00. The third kappa shape index (κ3) is 5.07. The lowest BCUT2D eigenvalue weighted by molar-refractivity contribution is 0.112. The van der Waals surface area contributed by atoms with E-state index >= 15 is 0 Å². The molecule has 2 nitrogen and oxygen atoms in total. The smallest absolute Gasteiger partial charge is 0.0591 e. The Morgan fingerprint density at radius 3 is 2.32 bits per heavy atom. The zero-order chi connectivity index (χ0) is 13.7. The second-order valence-electron chi connectivity index (χ2n) is 7.36. The largest absolute Gasteiger partial charge is 0.380 e. The van der Waals surface area contributed by atoms with Crippen LogP contribution >= 0.6 is 0 Å². The van der Waals surface area contributed by atoms with Gasteiger partial charge in [-0.2, -0.15) is 0 Å². The van der Waals surface area contributed by atoms with Crippen LogP contribution in [-0.2, 0) is 4.74 Å². The molecule has 2 saturated carbocycles. The van der Waals surface area contributed by atoms with Gasteiger partial charge in [0.1, 0.15) is 0 Å². The highest BCUT2D eigenvalue weighted by Gasteiger charge is 2.31. The van der Waals surface area contributed by atoms with Crippen LogP contribution in [0.2, 0.25) is 0 Å². The Kier molecular flexibility index (Phi) is 5.70. The third-order valence-electron chi connectivity index (χ3n) is 5.47. The molecule has 0 aromatic rings. The van der Waals surface area contributed by atoms with E-state index in [1.165, 1.54) is 44.9 Å². The Bertz CT molecular complexity index is 252. The molecular weight excluding hydrogens is 234 g/mol. The molecule has 0 aromatic carbocycles. The van der Waals surface area contributed by atoms with Gasteiger partial charge in [-0.05, 0) is 55.8 Å². The maximum atomic E-state index is 5.68. The lowest BCUT2D eigenvalue weighted by atomic mass is 9.69. The van der Waals surface area contributed by atoms with E-state index < -0.39 is 0 Å². The highest BCUT2D eigenvalue weighted by Crippen LogP contribution is 2.40. The van der Waals surface area contributed by atoms with Gasteiger partial charge < -0.3 is 10.1 Å². The van der Waals surface area contributed by atoms with Crippen molar-refractivity contribution in [1.82, 2.24) is 5.32 Å². The first-order valence-electron chi connectivity index (χ1n) is 8.43. The number of hydrogen-bond acceptors (Lipinski definition) is 2. The van der Waals surface area contributed by atoms with E-state index in [1.54, 1.807) is 0 Å². The predicted molar refractivity (Wildman–Crippen MR) is 81.4 cm³/mol. The maximum absolute atomic E-state index is 5.68. The van der Waals surface area contributed by atoms with Crippen LogP contribution < -0.4 is 5.32 Å². The molecule has 19 heavy (non-hydrogen) atoms. The molecule has 2 rings (SSSR count). The second-order valence-corrected chi connectivity index (χ2v) is 7.36. The molecule has 0 heterocycles. The van der Waals surface area contributed by atoms with Gasteiger partial charge in [-0.15, -0.1) is 0 Å². The molecule has 2 fully saturated rings. The van der Waals surface area contributed by atoms with Gasteiger partial charge in [0.15, 0.2) is 0 Å². The summed E-state index contributed by atoms with van der Waals surface area (Å²) in [4.78, 5) is 0. The predicted octanol–water partition coefficient (Wildman–Crippen LogP) is 4.00. The SMILES string of the molecule is CCC(C)(C)C1CCC(NCCOCC2CC2)CC1. The molecule has 0 saturated heterocycles. The monoisotopic (exact) mass is 267 g/mol. The van der Waals surface area contributed by atoms with Gasteiger partial charge in [-0.25, -0.2) is 0 Å². The summed E-state index contributed by atoms with van der Waals surface area (Å²) in [5.74, 6) is 1.83. The first kappa shape index (κ1) is 15.3. The Labute approximate surface area is 119 Å². The lowest BCUT2D eigenvalue weighted by Gasteiger charge is -2.39. The van der Waals surface area contributed by atoms with Crippen LogP contribution in [0.25, 0.3) is 0 Å². The normalized spacial score (nSPS) is 28.6.